The van der Waals surface area contributed by atoms with Gasteiger partial charge in [0.1, 0.15) is 11.5 Å². The molecule has 0 radical (unpaired) electrons. The van der Waals surface area contributed by atoms with Gasteiger partial charge < -0.3 is 20.9 Å². The molecule has 0 unspecified atom stereocenters. The van der Waals surface area contributed by atoms with E-state index in [0.29, 0.717) is 22.7 Å². The van der Waals surface area contributed by atoms with E-state index in [1.54, 1.807) is 24.3 Å². The molecule has 0 aliphatic rings. The molecule has 148 valence electrons. The van der Waals surface area contributed by atoms with Crippen LogP contribution in [-0.2, 0) is 14.6 Å². The van der Waals surface area contributed by atoms with Crippen LogP contribution in [0.25, 0.3) is 11.0 Å². The van der Waals surface area contributed by atoms with Gasteiger partial charge in [0.25, 0.3) is 0 Å². The Morgan fingerprint density at radius 1 is 0.964 bits per heavy atom. The third-order valence-corrected chi connectivity index (χ3v) is 5.31. The lowest BCUT2D eigenvalue weighted by molar-refractivity contribution is -0.112. The first-order valence-electron chi connectivity index (χ1n) is 8.20. The van der Waals surface area contributed by atoms with Crippen molar-refractivity contribution in [3.63, 3.8) is 0 Å². The normalized spacial score (nSPS) is 12.2. The van der Waals surface area contributed by atoms with E-state index in [2.05, 4.69) is 0 Å². The fourth-order valence-electron chi connectivity index (χ4n) is 2.50. The largest absolute Gasteiger partial charge is 0.495 e. The highest BCUT2D eigenvalue weighted by Crippen LogP contribution is 2.30. The number of hydrogen-bond acceptors (Lipinski definition) is 7. The Hall–Kier alpha value is -3.26. The van der Waals surface area contributed by atoms with Gasteiger partial charge in [-0.1, -0.05) is 6.07 Å². The molecule has 8 heteroatoms. The monoisotopic (exact) mass is 402 g/mol. The Balaban J connectivity index is 2.47. The van der Waals surface area contributed by atoms with Crippen LogP contribution in [0, 0.1) is 0 Å². The number of benzene rings is 2. The first kappa shape index (κ1) is 21.0. The minimum atomic E-state index is -3.94. The zero-order chi connectivity index (χ0) is 20.9. The average Bonchev–Trinajstić information content (AvgIpc) is 2.64. The molecule has 2 rings (SSSR count). The molecular formula is C20H22N2O5S. The predicted molar refractivity (Wildman–Crippen MR) is 111 cm³/mol. The molecule has 0 amide bonds. The minimum Gasteiger partial charge on any atom is -0.495 e. The van der Waals surface area contributed by atoms with Gasteiger partial charge >= 0.3 is 0 Å². The summed E-state index contributed by atoms with van der Waals surface area (Å²) in [6.45, 7) is 1.27. The zero-order valence-corrected chi connectivity index (χ0v) is 16.6. The molecule has 0 bridgehead atoms. The van der Waals surface area contributed by atoms with E-state index in [1.165, 1.54) is 39.4 Å². The maximum Gasteiger partial charge on any atom is 0.200 e. The van der Waals surface area contributed by atoms with Gasteiger partial charge in [-0.05, 0) is 54.5 Å². The molecule has 0 aliphatic carbocycles. The molecular weight excluding hydrogens is 380 g/mol. The van der Waals surface area contributed by atoms with Crippen LogP contribution < -0.4 is 20.9 Å². The summed E-state index contributed by atoms with van der Waals surface area (Å²) in [5.41, 5.74) is 13.2. The van der Waals surface area contributed by atoms with Crippen molar-refractivity contribution < 1.29 is 22.7 Å². The molecule has 0 fully saturated rings. The lowest BCUT2D eigenvalue weighted by atomic mass is 10.1. The van der Waals surface area contributed by atoms with Crippen molar-refractivity contribution in [1.29, 1.82) is 0 Å². The molecule has 7 nitrogen and oxygen atoms in total. The van der Waals surface area contributed by atoms with Crippen LogP contribution in [0.15, 0.2) is 47.9 Å². The smallest absolute Gasteiger partial charge is 0.200 e. The summed E-state index contributed by atoms with van der Waals surface area (Å²) in [4.78, 5) is 11.5. The number of methoxy groups -OCH3 is 2. The maximum atomic E-state index is 12.9. The summed E-state index contributed by atoms with van der Waals surface area (Å²) in [5, 5.41) is 1.02. The van der Waals surface area contributed by atoms with Crippen molar-refractivity contribution >= 4 is 38.0 Å². The highest BCUT2D eigenvalue weighted by Gasteiger charge is 2.19. The summed E-state index contributed by atoms with van der Waals surface area (Å²) < 4.78 is 35.9. The molecule has 2 aromatic rings. The molecule has 0 aromatic heterocycles. The van der Waals surface area contributed by atoms with Crippen molar-refractivity contribution in [2.75, 3.05) is 25.7 Å². The standard InChI is InChI=1S/C20H22N2O5S/c1-13(23)10-20(15-5-7-19(27-3)17(22)12-15)28(24,25)9-8-14-4-6-18(26-2)16(21)11-14/h4-12H,21-22H2,1-3H3/b9-8?,20-10+. The van der Waals surface area contributed by atoms with Crippen LogP contribution in [0.3, 0.4) is 0 Å². The van der Waals surface area contributed by atoms with Crippen LogP contribution in [0.2, 0.25) is 0 Å². The second-order valence-corrected chi connectivity index (χ2v) is 7.73. The average molecular weight is 402 g/mol. The number of carbonyl (C=O) groups excluding carboxylic acids is 1. The number of rotatable bonds is 7. The summed E-state index contributed by atoms with van der Waals surface area (Å²) in [5.74, 6) is 0.494. The highest BCUT2D eigenvalue weighted by atomic mass is 32.2. The summed E-state index contributed by atoms with van der Waals surface area (Å²) in [7, 11) is -0.995. The third-order valence-electron chi connectivity index (χ3n) is 3.85. The number of ether oxygens (including phenoxy) is 2. The van der Waals surface area contributed by atoms with Crippen molar-refractivity contribution in [2.45, 2.75) is 6.92 Å². The number of anilines is 2. The lowest BCUT2D eigenvalue weighted by Crippen LogP contribution is -2.03. The number of allylic oxidation sites excluding steroid dienone is 1. The Morgan fingerprint density at radius 3 is 2.04 bits per heavy atom. The van der Waals surface area contributed by atoms with Crippen LogP contribution >= 0.6 is 0 Å². The van der Waals surface area contributed by atoms with Crippen molar-refractivity contribution in [3.05, 3.63) is 59.0 Å². The predicted octanol–water partition coefficient (Wildman–Crippen LogP) is 2.88. The number of ketones is 1. The van der Waals surface area contributed by atoms with Gasteiger partial charge in [0.15, 0.2) is 5.78 Å². The van der Waals surface area contributed by atoms with Crippen LogP contribution in [-0.4, -0.2) is 28.4 Å². The Morgan fingerprint density at radius 2 is 1.54 bits per heavy atom. The van der Waals surface area contributed by atoms with E-state index in [-0.39, 0.29) is 16.2 Å². The van der Waals surface area contributed by atoms with Gasteiger partial charge in [-0.2, -0.15) is 0 Å². The van der Waals surface area contributed by atoms with Crippen molar-refractivity contribution in [3.8, 4) is 11.5 Å². The minimum absolute atomic E-state index is 0.160. The van der Waals surface area contributed by atoms with Gasteiger partial charge in [0, 0.05) is 11.5 Å². The first-order valence-corrected chi connectivity index (χ1v) is 9.75. The van der Waals surface area contributed by atoms with Gasteiger partial charge in [-0.3, -0.25) is 4.79 Å². The molecule has 0 saturated carbocycles. The second kappa shape index (κ2) is 8.62. The fraction of sp³-hybridized carbons (Fsp3) is 0.150. The van der Waals surface area contributed by atoms with Crippen molar-refractivity contribution in [2.24, 2.45) is 0 Å². The fourth-order valence-corrected chi connectivity index (χ4v) is 3.77. The molecule has 0 aliphatic heterocycles. The molecule has 2 aromatic carbocycles. The summed E-state index contributed by atoms with van der Waals surface area (Å²) in [6, 6.07) is 9.41. The van der Waals surface area contributed by atoms with E-state index >= 15 is 0 Å². The van der Waals surface area contributed by atoms with Gasteiger partial charge in [-0.15, -0.1) is 0 Å². The summed E-state index contributed by atoms with van der Waals surface area (Å²) in [6.07, 6.45) is 2.45. The van der Waals surface area contributed by atoms with Crippen LogP contribution in [0.4, 0.5) is 11.4 Å². The van der Waals surface area contributed by atoms with Crippen molar-refractivity contribution in [1.82, 2.24) is 0 Å². The topological polar surface area (TPSA) is 122 Å². The third kappa shape index (κ3) is 4.92. The number of sulfone groups is 1. The zero-order valence-electron chi connectivity index (χ0n) is 15.8. The van der Waals surface area contributed by atoms with Gasteiger partial charge in [0.05, 0.1) is 30.5 Å². The quantitative estimate of drug-likeness (QED) is 0.539. The first-order chi connectivity index (χ1) is 13.2. The van der Waals surface area contributed by atoms with E-state index in [4.69, 9.17) is 20.9 Å². The van der Waals surface area contributed by atoms with E-state index in [0.717, 1.165) is 11.5 Å². The summed E-state index contributed by atoms with van der Waals surface area (Å²) >= 11 is 0. The molecule has 28 heavy (non-hydrogen) atoms. The SMILES string of the molecule is COc1ccc(C=CS(=O)(=O)/C(=C/C(C)=O)c2ccc(OC)c(N)c2)cc1N. The Labute approximate surface area is 164 Å². The Bertz CT molecular complexity index is 1060. The number of nitrogens with two attached hydrogens (primary N) is 2. The van der Waals surface area contributed by atoms with Gasteiger partial charge in [-0.25, -0.2) is 8.42 Å². The molecule has 0 saturated heterocycles. The maximum absolute atomic E-state index is 12.9. The number of hydrogen-bond donors (Lipinski definition) is 2. The van der Waals surface area contributed by atoms with E-state index in [1.807, 2.05) is 0 Å². The molecule has 0 atom stereocenters. The molecule has 0 heterocycles. The van der Waals surface area contributed by atoms with Crippen LogP contribution in [0.5, 0.6) is 11.5 Å². The van der Waals surface area contributed by atoms with Gasteiger partial charge in [0.2, 0.25) is 9.84 Å². The number of nitrogen functional groups attached to an aromatic ring is 2. The number of carbonyl (C=O) groups is 1. The van der Waals surface area contributed by atoms with E-state index < -0.39 is 15.6 Å². The molecule has 4 N–H and O–H groups in total. The van der Waals surface area contributed by atoms with E-state index in [9.17, 15) is 13.2 Å². The second-order valence-electron chi connectivity index (χ2n) is 5.93. The highest BCUT2D eigenvalue weighted by molar-refractivity contribution is 8.03. The molecule has 0 spiro atoms. The van der Waals surface area contributed by atoms with Crippen LogP contribution in [0.1, 0.15) is 18.1 Å². The Kier molecular flexibility index (Phi) is 6.48. The lowest BCUT2D eigenvalue weighted by Gasteiger charge is -2.10.